The molecule has 7 heteroatoms. The molecule has 6 nitrogen and oxygen atoms in total. The number of nitrogens with zero attached hydrogens (tertiary/aromatic N) is 1. The predicted octanol–water partition coefficient (Wildman–Crippen LogP) is 4.55. The Morgan fingerprint density at radius 3 is 2.34 bits per heavy atom. The molecule has 0 bridgehead atoms. The lowest BCUT2D eigenvalue weighted by Gasteiger charge is -2.19. The molecule has 0 atom stereocenters. The van der Waals surface area contributed by atoms with Gasteiger partial charge in [0.25, 0.3) is 0 Å². The number of guanidine groups is 1. The maximum atomic E-state index is 11.8. The second kappa shape index (κ2) is 10.00. The van der Waals surface area contributed by atoms with Gasteiger partial charge < -0.3 is 15.4 Å². The van der Waals surface area contributed by atoms with Crippen molar-refractivity contribution in [3.05, 3.63) is 29.8 Å². The zero-order valence-corrected chi connectivity index (χ0v) is 20.3. The highest BCUT2D eigenvalue weighted by Gasteiger charge is 2.53. The fourth-order valence-corrected chi connectivity index (χ4v) is 3.57. The third kappa shape index (κ3) is 7.68. The van der Waals surface area contributed by atoms with Gasteiger partial charge in [-0.25, -0.2) is 4.79 Å². The number of benzene rings is 1. The zero-order chi connectivity index (χ0) is 20.2. The second-order valence-electron chi connectivity index (χ2n) is 9.06. The second-order valence-corrected chi connectivity index (χ2v) is 9.06. The van der Waals surface area contributed by atoms with Crippen LogP contribution in [-0.2, 0) is 11.2 Å². The lowest BCUT2D eigenvalue weighted by Crippen LogP contribution is -2.41. The highest BCUT2D eigenvalue weighted by atomic mass is 127. The molecule has 0 aliphatic heterocycles. The van der Waals surface area contributed by atoms with Crippen molar-refractivity contribution >= 4 is 41.7 Å². The minimum absolute atomic E-state index is 0. The first-order valence-electron chi connectivity index (χ1n) is 10.3. The Kier molecular flexibility index (Phi) is 8.19. The average molecular weight is 514 g/mol. The number of halogens is 1. The molecule has 162 valence electrons. The Balaban J connectivity index is 0.00000300. The normalized spacial score (nSPS) is 17.7. The Labute approximate surface area is 191 Å². The zero-order valence-electron chi connectivity index (χ0n) is 18.0. The van der Waals surface area contributed by atoms with Gasteiger partial charge in [-0.3, -0.25) is 10.3 Å². The molecule has 0 unspecified atom stereocenters. The summed E-state index contributed by atoms with van der Waals surface area (Å²) in [5.41, 5.74) is 2.00. The molecule has 3 rings (SSSR count). The van der Waals surface area contributed by atoms with E-state index in [4.69, 9.17) is 4.74 Å². The largest absolute Gasteiger partial charge is 0.444 e. The van der Waals surface area contributed by atoms with E-state index in [1.54, 1.807) is 0 Å². The van der Waals surface area contributed by atoms with Crippen LogP contribution in [0.15, 0.2) is 29.3 Å². The monoisotopic (exact) mass is 514 g/mol. The number of rotatable bonds is 7. The van der Waals surface area contributed by atoms with E-state index < -0.39 is 11.7 Å². The fourth-order valence-electron chi connectivity index (χ4n) is 3.57. The smallest absolute Gasteiger partial charge is 0.412 e. The van der Waals surface area contributed by atoms with Crippen molar-refractivity contribution in [3.63, 3.8) is 0 Å². The highest BCUT2D eigenvalue weighted by Crippen LogP contribution is 2.60. The van der Waals surface area contributed by atoms with E-state index in [0.717, 1.165) is 37.1 Å². The van der Waals surface area contributed by atoms with Crippen LogP contribution >= 0.6 is 24.0 Å². The Bertz CT molecular complexity index is 705. The molecule has 0 radical (unpaired) electrons. The number of hydrogen-bond donors (Lipinski definition) is 3. The SMILES string of the molecule is CN=C(NCCc1ccc(NC(=O)OC(C)(C)C)cc1)NCC1(C2CC2)CC1.I. The summed E-state index contributed by atoms with van der Waals surface area (Å²) >= 11 is 0. The van der Waals surface area contributed by atoms with E-state index in [2.05, 4.69) is 20.9 Å². The number of anilines is 1. The molecule has 1 aromatic carbocycles. The average Bonchev–Trinajstić information content (AvgIpc) is 3.51. The van der Waals surface area contributed by atoms with Gasteiger partial charge in [-0.2, -0.15) is 0 Å². The van der Waals surface area contributed by atoms with Crippen LogP contribution in [0.2, 0.25) is 0 Å². The molecule has 0 heterocycles. The van der Waals surface area contributed by atoms with Gasteiger partial charge >= 0.3 is 6.09 Å². The van der Waals surface area contributed by atoms with E-state index in [1.165, 1.54) is 31.2 Å². The summed E-state index contributed by atoms with van der Waals surface area (Å²) in [7, 11) is 1.82. The van der Waals surface area contributed by atoms with Crippen LogP contribution in [-0.4, -0.2) is 37.8 Å². The van der Waals surface area contributed by atoms with Gasteiger partial charge in [0.05, 0.1) is 0 Å². The summed E-state index contributed by atoms with van der Waals surface area (Å²) in [6, 6.07) is 7.85. The van der Waals surface area contributed by atoms with E-state index in [1.807, 2.05) is 52.1 Å². The third-order valence-corrected chi connectivity index (χ3v) is 5.47. The first-order valence-corrected chi connectivity index (χ1v) is 10.3. The van der Waals surface area contributed by atoms with E-state index >= 15 is 0 Å². The van der Waals surface area contributed by atoms with Gasteiger partial charge in [0, 0.05) is 25.8 Å². The van der Waals surface area contributed by atoms with Gasteiger partial charge in [0.2, 0.25) is 0 Å². The number of hydrogen-bond acceptors (Lipinski definition) is 3. The molecule has 0 spiro atoms. The van der Waals surface area contributed by atoms with Crippen LogP contribution in [0.1, 0.15) is 52.0 Å². The fraction of sp³-hybridized carbons (Fsp3) is 0.636. The van der Waals surface area contributed by atoms with Crippen molar-refractivity contribution in [1.82, 2.24) is 10.6 Å². The minimum atomic E-state index is -0.500. The number of nitrogens with one attached hydrogen (secondary N) is 3. The van der Waals surface area contributed by atoms with Crippen LogP contribution < -0.4 is 16.0 Å². The summed E-state index contributed by atoms with van der Waals surface area (Å²) in [4.78, 5) is 16.2. The van der Waals surface area contributed by atoms with Crippen LogP contribution in [0.5, 0.6) is 0 Å². The highest BCUT2D eigenvalue weighted by molar-refractivity contribution is 14.0. The van der Waals surface area contributed by atoms with Crippen LogP contribution in [0, 0.1) is 11.3 Å². The van der Waals surface area contributed by atoms with Crippen molar-refractivity contribution in [2.75, 3.05) is 25.5 Å². The summed E-state index contributed by atoms with van der Waals surface area (Å²) in [6.07, 6.45) is 6.01. The molecule has 2 aliphatic rings. The molecule has 2 aliphatic carbocycles. The maximum absolute atomic E-state index is 11.8. The third-order valence-electron chi connectivity index (χ3n) is 5.47. The number of carbonyl (C=O) groups is 1. The predicted molar refractivity (Wildman–Crippen MR) is 129 cm³/mol. The van der Waals surface area contributed by atoms with Gasteiger partial charge in [-0.1, -0.05) is 12.1 Å². The minimum Gasteiger partial charge on any atom is -0.444 e. The van der Waals surface area contributed by atoms with Gasteiger partial charge in [0.15, 0.2) is 5.96 Å². The molecular weight excluding hydrogens is 479 g/mol. The van der Waals surface area contributed by atoms with E-state index in [-0.39, 0.29) is 24.0 Å². The molecule has 0 saturated heterocycles. The summed E-state index contributed by atoms with van der Waals surface area (Å²) in [5.74, 6) is 1.83. The Morgan fingerprint density at radius 2 is 1.83 bits per heavy atom. The Morgan fingerprint density at radius 1 is 1.17 bits per heavy atom. The van der Waals surface area contributed by atoms with Crippen molar-refractivity contribution in [3.8, 4) is 0 Å². The first kappa shape index (κ1) is 23.8. The van der Waals surface area contributed by atoms with E-state index in [9.17, 15) is 4.79 Å². The standard InChI is InChI=1S/C22H34N4O2.HI/c1-21(2,3)28-20(27)26-18-9-5-16(6-10-18)11-14-24-19(23-4)25-15-22(12-13-22)17-7-8-17;/h5-6,9-10,17H,7-8,11-15H2,1-4H3,(H,26,27)(H2,23,24,25);1H. The summed E-state index contributed by atoms with van der Waals surface area (Å²) in [6.45, 7) is 7.41. The molecular formula is C22H35IN4O2. The number of carbonyl (C=O) groups excluding carboxylic acids is 1. The number of amides is 1. The quantitative estimate of drug-likeness (QED) is 0.284. The van der Waals surface area contributed by atoms with Gasteiger partial charge in [-0.05, 0) is 81.9 Å². The lowest BCUT2D eigenvalue weighted by molar-refractivity contribution is 0.0636. The van der Waals surface area contributed by atoms with Crippen LogP contribution in [0.3, 0.4) is 0 Å². The van der Waals surface area contributed by atoms with Crippen LogP contribution in [0.4, 0.5) is 10.5 Å². The molecule has 2 fully saturated rings. The molecule has 3 N–H and O–H groups in total. The number of ether oxygens (including phenoxy) is 1. The summed E-state index contributed by atoms with van der Waals surface area (Å²) in [5, 5.41) is 9.66. The van der Waals surface area contributed by atoms with Crippen molar-refractivity contribution in [2.45, 2.75) is 58.5 Å². The lowest BCUT2D eigenvalue weighted by atomic mass is 10.0. The molecule has 2 saturated carbocycles. The summed E-state index contributed by atoms with van der Waals surface area (Å²) < 4.78 is 5.27. The van der Waals surface area contributed by atoms with Gasteiger partial charge in [-0.15, -0.1) is 24.0 Å². The van der Waals surface area contributed by atoms with E-state index in [0.29, 0.717) is 5.41 Å². The van der Waals surface area contributed by atoms with Crippen LogP contribution in [0.25, 0.3) is 0 Å². The van der Waals surface area contributed by atoms with Crippen molar-refractivity contribution in [2.24, 2.45) is 16.3 Å². The Hall–Kier alpha value is -1.51. The maximum Gasteiger partial charge on any atom is 0.412 e. The molecule has 0 aromatic heterocycles. The molecule has 1 amide bonds. The first-order chi connectivity index (χ1) is 13.3. The topological polar surface area (TPSA) is 74.8 Å². The van der Waals surface area contributed by atoms with Gasteiger partial charge in [0.1, 0.15) is 5.60 Å². The molecule has 29 heavy (non-hydrogen) atoms. The molecule has 1 aromatic rings. The van der Waals surface area contributed by atoms with Crippen molar-refractivity contribution < 1.29 is 9.53 Å². The van der Waals surface area contributed by atoms with Crippen molar-refractivity contribution in [1.29, 1.82) is 0 Å². The number of aliphatic imine (C=N–C) groups is 1.